The molecule has 1 N–H and O–H groups in total. The number of hydrogen-bond donors (Lipinski definition) is 1. The SMILES string of the molecule is C1=CC2C=CC=C(n3cc(NCCN4CCOCC4)nn3)C2C=C1. The molecule has 2 atom stereocenters. The van der Waals surface area contributed by atoms with Crippen LogP contribution in [0.15, 0.2) is 48.7 Å². The van der Waals surface area contributed by atoms with Crippen molar-refractivity contribution in [3.63, 3.8) is 0 Å². The van der Waals surface area contributed by atoms with Gasteiger partial charge in [0.05, 0.1) is 25.1 Å². The van der Waals surface area contributed by atoms with Crippen LogP contribution in [0.2, 0.25) is 0 Å². The fraction of sp³-hybridized carbons (Fsp3) is 0.444. The summed E-state index contributed by atoms with van der Waals surface area (Å²) in [7, 11) is 0. The number of anilines is 1. The maximum Gasteiger partial charge on any atom is 0.169 e. The zero-order chi connectivity index (χ0) is 16.2. The molecule has 24 heavy (non-hydrogen) atoms. The zero-order valence-electron chi connectivity index (χ0n) is 13.7. The predicted octanol–water partition coefficient (Wildman–Crippen LogP) is 1.79. The summed E-state index contributed by atoms with van der Waals surface area (Å²) in [5.41, 5.74) is 1.16. The molecule has 1 saturated heterocycles. The third kappa shape index (κ3) is 3.34. The summed E-state index contributed by atoms with van der Waals surface area (Å²) in [6.07, 6.45) is 17.1. The first-order valence-corrected chi connectivity index (χ1v) is 8.60. The number of nitrogens with one attached hydrogen (secondary N) is 1. The van der Waals surface area contributed by atoms with Crippen LogP contribution in [-0.4, -0.2) is 59.3 Å². The summed E-state index contributed by atoms with van der Waals surface area (Å²) < 4.78 is 7.26. The third-order valence-corrected chi connectivity index (χ3v) is 4.72. The van der Waals surface area contributed by atoms with Crippen molar-refractivity contribution in [3.05, 3.63) is 48.7 Å². The minimum atomic E-state index is 0.336. The molecule has 126 valence electrons. The Morgan fingerprint density at radius 1 is 1.12 bits per heavy atom. The van der Waals surface area contributed by atoms with Gasteiger partial charge in [-0.15, -0.1) is 5.10 Å². The molecule has 6 heteroatoms. The van der Waals surface area contributed by atoms with Crippen LogP contribution in [0.5, 0.6) is 0 Å². The molecule has 1 aliphatic heterocycles. The number of ether oxygens (including phenoxy) is 1. The van der Waals surface area contributed by atoms with E-state index in [0.29, 0.717) is 11.8 Å². The van der Waals surface area contributed by atoms with Crippen LogP contribution < -0.4 is 5.32 Å². The largest absolute Gasteiger partial charge is 0.379 e. The second-order valence-corrected chi connectivity index (χ2v) is 6.28. The number of allylic oxidation sites excluding steroid dienone is 8. The minimum absolute atomic E-state index is 0.336. The molecule has 2 aliphatic carbocycles. The molecule has 1 fully saturated rings. The molecule has 0 aromatic carbocycles. The van der Waals surface area contributed by atoms with Gasteiger partial charge in [0.2, 0.25) is 0 Å². The van der Waals surface area contributed by atoms with Gasteiger partial charge >= 0.3 is 0 Å². The molecule has 1 aromatic heterocycles. The molecular formula is C18H23N5O. The van der Waals surface area contributed by atoms with Gasteiger partial charge in [0, 0.05) is 38.0 Å². The smallest absolute Gasteiger partial charge is 0.169 e. The molecule has 6 nitrogen and oxygen atoms in total. The predicted molar refractivity (Wildman–Crippen MR) is 94.4 cm³/mol. The Hall–Kier alpha value is -2.18. The van der Waals surface area contributed by atoms with Crippen LogP contribution in [0.25, 0.3) is 5.70 Å². The fourth-order valence-corrected chi connectivity index (χ4v) is 3.36. The molecule has 2 unspecified atom stereocenters. The second kappa shape index (κ2) is 7.15. The van der Waals surface area contributed by atoms with E-state index < -0.39 is 0 Å². The van der Waals surface area contributed by atoms with Gasteiger partial charge in [-0.3, -0.25) is 4.90 Å². The Balaban J connectivity index is 1.36. The molecule has 1 aromatic rings. The molecule has 0 amide bonds. The molecule has 4 rings (SSSR count). The van der Waals surface area contributed by atoms with Gasteiger partial charge in [-0.1, -0.05) is 41.7 Å². The van der Waals surface area contributed by atoms with Gasteiger partial charge in [-0.2, -0.15) is 0 Å². The van der Waals surface area contributed by atoms with Crippen molar-refractivity contribution in [2.45, 2.75) is 0 Å². The van der Waals surface area contributed by atoms with Crippen molar-refractivity contribution in [1.82, 2.24) is 19.9 Å². The molecule has 0 radical (unpaired) electrons. The van der Waals surface area contributed by atoms with Gasteiger partial charge in [-0.05, 0) is 6.08 Å². The van der Waals surface area contributed by atoms with E-state index in [9.17, 15) is 0 Å². The van der Waals surface area contributed by atoms with Crippen molar-refractivity contribution < 1.29 is 4.74 Å². The fourth-order valence-electron chi connectivity index (χ4n) is 3.36. The van der Waals surface area contributed by atoms with Crippen LogP contribution in [0, 0.1) is 11.8 Å². The average molecular weight is 325 g/mol. The molecule has 0 saturated carbocycles. The van der Waals surface area contributed by atoms with Crippen LogP contribution in [0.3, 0.4) is 0 Å². The Bertz CT molecular complexity index is 681. The quantitative estimate of drug-likeness (QED) is 0.894. The van der Waals surface area contributed by atoms with Crippen LogP contribution in [-0.2, 0) is 4.74 Å². The van der Waals surface area contributed by atoms with Gasteiger partial charge in [-0.25, -0.2) is 4.68 Å². The van der Waals surface area contributed by atoms with E-state index in [1.807, 2.05) is 10.9 Å². The van der Waals surface area contributed by atoms with E-state index >= 15 is 0 Å². The molecule has 2 heterocycles. The topological polar surface area (TPSA) is 55.2 Å². The molecule has 0 spiro atoms. The normalized spacial score (nSPS) is 26.2. The monoisotopic (exact) mass is 325 g/mol. The second-order valence-electron chi connectivity index (χ2n) is 6.28. The Morgan fingerprint density at radius 3 is 2.88 bits per heavy atom. The average Bonchev–Trinajstić information content (AvgIpc) is 3.11. The Morgan fingerprint density at radius 2 is 1.96 bits per heavy atom. The maximum absolute atomic E-state index is 5.37. The lowest BCUT2D eigenvalue weighted by Gasteiger charge is -2.26. The van der Waals surface area contributed by atoms with Crippen molar-refractivity contribution in [3.8, 4) is 0 Å². The molecule has 3 aliphatic rings. The third-order valence-electron chi connectivity index (χ3n) is 4.72. The van der Waals surface area contributed by atoms with E-state index in [4.69, 9.17) is 4.74 Å². The highest BCUT2D eigenvalue weighted by atomic mass is 16.5. The van der Waals surface area contributed by atoms with Crippen LogP contribution in [0.4, 0.5) is 5.82 Å². The van der Waals surface area contributed by atoms with E-state index in [-0.39, 0.29) is 0 Å². The highest BCUT2D eigenvalue weighted by molar-refractivity contribution is 5.58. The summed E-state index contributed by atoms with van der Waals surface area (Å²) in [4.78, 5) is 2.40. The summed E-state index contributed by atoms with van der Waals surface area (Å²) in [5.74, 6) is 1.57. The summed E-state index contributed by atoms with van der Waals surface area (Å²) in [6, 6.07) is 0. The number of rotatable bonds is 5. The highest BCUT2D eigenvalue weighted by Crippen LogP contribution is 2.33. The standard InChI is InChI=1S/C18H23N5O/c1-2-6-16-15(4-1)5-3-7-17(16)23-14-18(20-21-23)19-8-9-22-10-12-24-13-11-22/h1-7,14-16,19H,8-13H2. The zero-order valence-corrected chi connectivity index (χ0v) is 13.7. The van der Waals surface area contributed by atoms with Gasteiger partial charge in [0.15, 0.2) is 5.82 Å². The lowest BCUT2D eigenvalue weighted by Crippen LogP contribution is -2.39. The molecule has 0 bridgehead atoms. The lowest BCUT2D eigenvalue weighted by atomic mass is 9.83. The summed E-state index contributed by atoms with van der Waals surface area (Å²) in [5, 5.41) is 11.9. The van der Waals surface area contributed by atoms with Crippen molar-refractivity contribution in [2.24, 2.45) is 11.8 Å². The first-order valence-electron chi connectivity index (χ1n) is 8.60. The first-order chi connectivity index (χ1) is 11.9. The number of fused-ring (bicyclic) bond motifs is 1. The van der Waals surface area contributed by atoms with E-state index in [1.165, 1.54) is 0 Å². The van der Waals surface area contributed by atoms with Crippen LogP contribution in [0.1, 0.15) is 0 Å². The minimum Gasteiger partial charge on any atom is -0.379 e. The van der Waals surface area contributed by atoms with Crippen molar-refractivity contribution >= 4 is 11.5 Å². The number of nitrogens with zero attached hydrogens (tertiary/aromatic N) is 4. The Labute approximate surface area is 142 Å². The van der Waals surface area contributed by atoms with E-state index in [0.717, 1.165) is 50.9 Å². The van der Waals surface area contributed by atoms with Gasteiger partial charge in [0.1, 0.15) is 0 Å². The summed E-state index contributed by atoms with van der Waals surface area (Å²) >= 11 is 0. The molecular weight excluding hydrogens is 302 g/mol. The van der Waals surface area contributed by atoms with Crippen molar-refractivity contribution in [1.29, 1.82) is 0 Å². The van der Waals surface area contributed by atoms with E-state index in [1.54, 1.807) is 0 Å². The number of hydrogen-bond acceptors (Lipinski definition) is 5. The number of aromatic nitrogens is 3. The highest BCUT2D eigenvalue weighted by Gasteiger charge is 2.24. The summed E-state index contributed by atoms with van der Waals surface area (Å²) in [6.45, 7) is 5.56. The Kier molecular flexibility index (Phi) is 4.57. The van der Waals surface area contributed by atoms with Crippen LogP contribution >= 0.6 is 0 Å². The van der Waals surface area contributed by atoms with Gasteiger partial charge in [0.25, 0.3) is 0 Å². The van der Waals surface area contributed by atoms with Gasteiger partial charge < -0.3 is 10.1 Å². The van der Waals surface area contributed by atoms with E-state index in [2.05, 4.69) is 63.1 Å². The van der Waals surface area contributed by atoms with Crippen molar-refractivity contribution in [2.75, 3.05) is 44.7 Å². The maximum atomic E-state index is 5.37. The first kappa shape index (κ1) is 15.4. The number of morpholine rings is 1. The lowest BCUT2D eigenvalue weighted by molar-refractivity contribution is 0.0398.